The zero-order valence-corrected chi connectivity index (χ0v) is 15.1. The van der Waals surface area contributed by atoms with Gasteiger partial charge in [0.2, 0.25) is 5.91 Å². The number of nitrogens with one attached hydrogen (secondary N) is 1. The average molecular weight is 357 g/mol. The molecule has 5 nitrogen and oxygen atoms in total. The van der Waals surface area contributed by atoms with Crippen molar-refractivity contribution in [1.82, 2.24) is 15.1 Å². The highest BCUT2D eigenvalue weighted by atomic mass is 19.1. The van der Waals surface area contributed by atoms with Gasteiger partial charge in [-0.25, -0.2) is 4.39 Å². The largest absolute Gasteiger partial charge is 0.371 e. The van der Waals surface area contributed by atoms with Crippen LogP contribution in [-0.2, 0) is 9.53 Å². The van der Waals surface area contributed by atoms with Crippen LogP contribution in [0.15, 0.2) is 36.5 Å². The Balaban J connectivity index is 1.44. The minimum absolute atomic E-state index is 0.00662. The Hall–Kier alpha value is -2.21. The molecule has 1 saturated carbocycles. The number of carbonyl (C=O) groups excluding carboxylic acids is 1. The molecule has 26 heavy (non-hydrogen) atoms. The van der Waals surface area contributed by atoms with E-state index in [2.05, 4.69) is 24.3 Å². The first-order valence-electron chi connectivity index (χ1n) is 9.26. The molecule has 2 heterocycles. The Morgan fingerprint density at radius 3 is 2.92 bits per heavy atom. The summed E-state index contributed by atoms with van der Waals surface area (Å²) >= 11 is 0. The molecular formula is C20H24FN3O2. The van der Waals surface area contributed by atoms with Crippen LogP contribution in [0.5, 0.6) is 0 Å². The Morgan fingerprint density at radius 1 is 1.35 bits per heavy atom. The summed E-state index contributed by atoms with van der Waals surface area (Å²) in [5.41, 5.74) is 1.63. The van der Waals surface area contributed by atoms with Crippen LogP contribution in [0, 0.1) is 11.7 Å². The van der Waals surface area contributed by atoms with Crippen LogP contribution in [0.1, 0.15) is 56.0 Å². The van der Waals surface area contributed by atoms with E-state index in [0.29, 0.717) is 18.6 Å². The van der Waals surface area contributed by atoms with Crippen LogP contribution in [0.2, 0.25) is 0 Å². The summed E-state index contributed by atoms with van der Waals surface area (Å²) in [4.78, 5) is 12.8. The van der Waals surface area contributed by atoms with Gasteiger partial charge in [0, 0.05) is 30.8 Å². The van der Waals surface area contributed by atoms with Crippen molar-refractivity contribution >= 4 is 5.91 Å². The molecular weight excluding hydrogens is 333 g/mol. The molecule has 2 fully saturated rings. The maximum Gasteiger partial charge on any atom is 0.226 e. The van der Waals surface area contributed by atoms with Gasteiger partial charge >= 0.3 is 0 Å². The van der Waals surface area contributed by atoms with Crippen molar-refractivity contribution in [3.63, 3.8) is 0 Å². The molecule has 0 radical (unpaired) electrons. The van der Waals surface area contributed by atoms with Crippen LogP contribution >= 0.6 is 0 Å². The summed E-state index contributed by atoms with van der Waals surface area (Å²) in [5.74, 6) is -0.363. The first-order chi connectivity index (χ1) is 12.6. The highest BCUT2D eigenvalue weighted by Crippen LogP contribution is 2.43. The lowest BCUT2D eigenvalue weighted by Crippen LogP contribution is -2.35. The van der Waals surface area contributed by atoms with E-state index in [-0.39, 0.29) is 41.7 Å². The Morgan fingerprint density at radius 2 is 2.15 bits per heavy atom. The number of halogens is 1. The van der Waals surface area contributed by atoms with Gasteiger partial charge in [-0.15, -0.1) is 0 Å². The monoisotopic (exact) mass is 357 g/mol. The molecule has 2 aliphatic rings. The topological polar surface area (TPSA) is 56.2 Å². The quantitative estimate of drug-likeness (QED) is 0.893. The maximum absolute atomic E-state index is 13.9. The first kappa shape index (κ1) is 17.2. The smallest absolute Gasteiger partial charge is 0.226 e. The zero-order valence-electron chi connectivity index (χ0n) is 15.1. The van der Waals surface area contributed by atoms with E-state index < -0.39 is 0 Å². The van der Waals surface area contributed by atoms with Gasteiger partial charge in [-0.05, 0) is 44.4 Å². The van der Waals surface area contributed by atoms with Gasteiger partial charge in [-0.1, -0.05) is 18.2 Å². The van der Waals surface area contributed by atoms with E-state index in [1.807, 2.05) is 16.8 Å². The van der Waals surface area contributed by atoms with Crippen LogP contribution in [0.25, 0.3) is 0 Å². The molecule has 2 aromatic rings. The zero-order chi connectivity index (χ0) is 18.3. The molecule has 4 rings (SSSR count). The van der Waals surface area contributed by atoms with Gasteiger partial charge in [0.25, 0.3) is 0 Å². The molecule has 0 spiro atoms. The lowest BCUT2D eigenvalue weighted by atomic mass is 9.97. The SMILES string of the molecule is CC(C)n1nccc1[C@H]1OCC[C@@H]1C(=O)N[C@@H]1C[C@H]1c1ccccc1F. The molecule has 1 amide bonds. The molecule has 1 aliphatic heterocycles. The molecule has 0 bridgehead atoms. The summed E-state index contributed by atoms with van der Waals surface area (Å²) in [6.45, 7) is 4.68. The molecule has 4 atom stereocenters. The van der Waals surface area contributed by atoms with E-state index in [9.17, 15) is 9.18 Å². The number of rotatable bonds is 5. The Kier molecular flexibility index (Phi) is 4.53. The third-order valence-corrected chi connectivity index (χ3v) is 5.33. The minimum atomic E-state index is -0.273. The lowest BCUT2D eigenvalue weighted by Gasteiger charge is -2.21. The third-order valence-electron chi connectivity index (χ3n) is 5.33. The van der Waals surface area contributed by atoms with Crippen molar-refractivity contribution in [3.8, 4) is 0 Å². The standard InChI is InChI=1S/C20H24FN3O2/c1-12(2)24-18(7-9-22-24)19-14(8-10-26-19)20(25)23-17-11-15(17)13-5-3-4-6-16(13)21/h3-7,9,12,14-15,17,19H,8,10-11H2,1-2H3,(H,23,25)/t14-,15-,17+,19-/m0/s1. The highest BCUT2D eigenvalue weighted by molar-refractivity contribution is 5.80. The molecule has 6 heteroatoms. The number of ether oxygens (including phenoxy) is 1. The van der Waals surface area contributed by atoms with Crippen LogP contribution < -0.4 is 5.32 Å². The van der Waals surface area contributed by atoms with Crippen LogP contribution in [0.3, 0.4) is 0 Å². The second-order valence-electron chi connectivity index (χ2n) is 7.46. The normalized spacial score (nSPS) is 27.7. The lowest BCUT2D eigenvalue weighted by molar-refractivity contribution is -0.127. The van der Waals surface area contributed by atoms with Gasteiger partial charge in [0.05, 0.1) is 11.6 Å². The summed E-state index contributed by atoms with van der Waals surface area (Å²) < 4.78 is 21.7. The molecule has 1 N–H and O–H groups in total. The number of aromatic nitrogens is 2. The number of carbonyl (C=O) groups is 1. The van der Waals surface area contributed by atoms with E-state index in [4.69, 9.17) is 4.74 Å². The molecule has 1 aromatic carbocycles. The van der Waals surface area contributed by atoms with Crippen LogP contribution in [0.4, 0.5) is 4.39 Å². The summed E-state index contributed by atoms with van der Waals surface area (Å²) in [6, 6.07) is 8.94. The fourth-order valence-electron chi connectivity index (χ4n) is 3.89. The number of nitrogens with zero attached hydrogens (tertiary/aromatic N) is 2. The van der Waals surface area contributed by atoms with E-state index >= 15 is 0 Å². The maximum atomic E-state index is 13.9. The van der Waals surface area contributed by atoms with Crippen molar-refractivity contribution in [2.75, 3.05) is 6.61 Å². The second kappa shape index (κ2) is 6.83. The third kappa shape index (κ3) is 3.14. The van der Waals surface area contributed by atoms with Crippen molar-refractivity contribution in [2.45, 2.75) is 50.8 Å². The molecule has 1 aliphatic carbocycles. The predicted octanol–water partition coefficient (Wildman–Crippen LogP) is 3.35. The summed E-state index contributed by atoms with van der Waals surface area (Å²) in [6.07, 6.45) is 2.96. The van der Waals surface area contributed by atoms with Gasteiger partial charge in [-0.2, -0.15) is 5.10 Å². The van der Waals surface area contributed by atoms with E-state index in [1.54, 1.807) is 18.3 Å². The number of hydrogen-bond donors (Lipinski definition) is 1. The van der Waals surface area contributed by atoms with E-state index in [0.717, 1.165) is 12.1 Å². The first-order valence-corrected chi connectivity index (χ1v) is 9.26. The molecule has 1 saturated heterocycles. The fourth-order valence-corrected chi connectivity index (χ4v) is 3.89. The Bertz CT molecular complexity index is 804. The fraction of sp³-hybridized carbons (Fsp3) is 0.500. The van der Waals surface area contributed by atoms with Crippen molar-refractivity contribution < 1.29 is 13.9 Å². The number of hydrogen-bond acceptors (Lipinski definition) is 3. The Labute approximate surface area is 152 Å². The van der Waals surface area contributed by atoms with Gasteiger partial charge in [0.1, 0.15) is 11.9 Å². The predicted molar refractivity (Wildman–Crippen MR) is 95.1 cm³/mol. The summed E-state index contributed by atoms with van der Waals surface area (Å²) in [7, 11) is 0. The molecule has 0 unspecified atom stereocenters. The highest BCUT2D eigenvalue weighted by Gasteiger charge is 2.44. The second-order valence-corrected chi connectivity index (χ2v) is 7.46. The molecule has 1 aromatic heterocycles. The van der Waals surface area contributed by atoms with Crippen molar-refractivity contribution in [3.05, 3.63) is 53.6 Å². The number of amides is 1. The minimum Gasteiger partial charge on any atom is -0.371 e. The van der Waals surface area contributed by atoms with Gasteiger partial charge in [0.15, 0.2) is 0 Å². The molecule has 138 valence electrons. The van der Waals surface area contributed by atoms with Gasteiger partial charge < -0.3 is 10.1 Å². The van der Waals surface area contributed by atoms with E-state index in [1.165, 1.54) is 6.07 Å². The van der Waals surface area contributed by atoms with Crippen molar-refractivity contribution in [2.24, 2.45) is 5.92 Å². The van der Waals surface area contributed by atoms with Gasteiger partial charge in [-0.3, -0.25) is 9.48 Å². The number of benzene rings is 1. The summed E-state index contributed by atoms with van der Waals surface area (Å²) in [5, 5.41) is 7.45. The average Bonchev–Trinajstić information content (AvgIpc) is 3.04. The van der Waals surface area contributed by atoms with Crippen molar-refractivity contribution in [1.29, 1.82) is 0 Å². The van der Waals surface area contributed by atoms with Crippen LogP contribution in [-0.4, -0.2) is 28.3 Å².